The number of thiazole rings is 1. The molecule has 29 heavy (non-hydrogen) atoms. The van der Waals surface area contributed by atoms with Gasteiger partial charge in [0.25, 0.3) is 0 Å². The summed E-state index contributed by atoms with van der Waals surface area (Å²) in [5.41, 5.74) is -1.34. The lowest BCUT2D eigenvalue weighted by Gasteiger charge is -2.40. The number of aromatic nitrogens is 1. The number of hydrogen-bond acceptors (Lipinski definition) is 6. The van der Waals surface area contributed by atoms with Crippen LogP contribution < -0.4 is 4.87 Å². The third kappa shape index (κ3) is 2.94. The van der Waals surface area contributed by atoms with E-state index in [1.165, 1.54) is 27.7 Å². The van der Waals surface area contributed by atoms with Crippen molar-refractivity contribution < 1.29 is 19.2 Å². The summed E-state index contributed by atoms with van der Waals surface area (Å²) in [5, 5.41) is 0. The fourth-order valence-electron chi connectivity index (χ4n) is 4.27. The highest BCUT2D eigenvalue weighted by Crippen LogP contribution is 2.42. The molecule has 1 heterocycles. The Bertz CT molecular complexity index is 1100. The van der Waals surface area contributed by atoms with Crippen molar-refractivity contribution in [1.82, 2.24) is 4.57 Å². The second-order valence-corrected chi connectivity index (χ2v) is 9.70. The Balaban J connectivity index is 2.19. The highest BCUT2D eigenvalue weighted by molar-refractivity contribution is 7.16. The molecule has 0 bridgehead atoms. The van der Waals surface area contributed by atoms with Crippen LogP contribution in [0.25, 0.3) is 10.2 Å². The van der Waals surface area contributed by atoms with Crippen LogP contribution >= 0.6 is 11.3 Å². The minimum atomic E-state index is -1.51. The van der Waals surface area contributed by atoms with E-state index >= 15 is 0 Å². The topological polar surface area (TPSA) is 90.3 Å². The normalized spacial score (nSPS) is 19.2. The summed E-state index contributed by atoms with van der Waals surface area (Å²) < 4.78 is 2.39. The highest BCUT2D eigenvalue weighted by atomic mass is 32.1. The SMILES string of the molecule is CCCn1c(=O)sc2ccc(C(=O)C3C(=O)C(C)(C)C(=O)C(C)(C)C3=O)c(C)c21. The summed E-state index contributed by atoms with van der Waals surface area (Å²) in [6.07, 6.45) is 0.757. The summed E-state index contributed by atoms with van der Waals surface area (Å²) in [4.78, 5) is 64.3. The molecule has 1 aliphatic rings. The summed E-state index contributed by atoms with van der Waals surface area (Å²) >= 11 is 1.11. The van der Waals surface area contributed by atoms with Crippen LogP contribution in [0.2, 0.25) is 0 Å². The first kappa shape index (κ1) is 21.3. The van der Waals surface area contributed by atoms with Gasteiger partial charge in [0.05, 0.1) is 21.0 Å². The molecule has 3 rings (SSSR count). The van der Waals surface area contributed by atoms with Crippen molar-refractivity contribution in [2.24, 2.45) is 16.7 Å². The van der Waals surface area contributed by atoms with Crippen LogP contribution in [-0.2, 0) is 20.9 Å². The number of carbonyl (C=O) groups is 4. The largest absolute Gasteiger partial charge is 0.308 e. The molecule has 0 N–H and O–H groups in total. The molecule has 0 saturated heterocycles. The van der Waals surface area contributed by atoms with Gasteiger partial charge in [0.15, 0.2) is 23.1 Å². The summed E-state index contributed by atoms with van der Waals surface area (Å²) in [6.45, 7) is 10.1. The maximum Gasteiger partial charge on any atom is 0.308 e. The van der Waals surface area contributed by atoms with Gasteiger partial charge in [-0.15, -0.1) is 0 Å². The van der Waals surface area contributed by atoms with Crippen LogP contribution in [0.4, 0.5) is 0 Å². The summed E-state index contributed by atoms with van der Waals surface area (Å²) in [6, 6.07) is 3.26. The van der Waals surface area contributed by atoms with Gasteiger partial charge in [0, 0.05) is 12.1 Å². The van der Waals surface area contributed by atoms with Gasteiger partial charge in [-0.1, -0.05) is 18.3 Å². The number of rotatable bonds is 4. The molecule has 6 nitrogen and oxygen atoms in total. The van der Waals surface area contributed by atoms with E-state index in [1.807, 2.05) is 6.92 Å². The van der Waals surface area contributed by atoms with Gasteiger partial charge >= 0.3 is 4.87 Å². The quantitative estimate of drug-likeness (QED) is 0.564. The first-order chi connectivity index (χ1) is 13.4. The number of hydrogen-bond donors (Lipinski definition) is 0. The number of ketones is 4. The van der Waals surface area contributed by atoms with Crippen molar-refractivity contribution in [2.75, 3.05) is 0 Å². The predicted octanol–water partition coefficient (Wildman–Crippen LogP) is 3.35. The molecule has 154 valence electrons. The Labute approximate surface area is 172 Å². The number of Topliss-reactive ketones (excluding diaryl/α,β-unsaturated/α-hetero) is 4. The Hall–Kier alpha value is -2.41. The summed E-state index contributed by atoms with van der Waals surface area (Å²) in [7, 11) is 0. The first-order valence-corrected chi connectivity index (χ1v) is 10.5. The molecule has 1 saturated carbocycles. The van der Waals surface area contributed by atoms with Crippen LogP contribution in [0.15, 0.2) is 16.9 Å². The van der Waals surface area contributed by atoms with Gasteiger partial charge in [0.2, 0.25) is 0 Å². The van der Waals surface area contributed by atoms with Crippen molar-refractivity contribution in [3.05, 3.63) is 32.9 Å². The van der Waals surface area contributed by atoms with E-state index in [2.05, 4.69) is 0 Å². The zero-order valence-electron chi connectivity index (χ0n) is 17.5. The second kappa shape index (κ2) is 6.83. The Morgan fingerprint density at radius 3 is 2.10 bits per heavy atom. The van der Waals surface area contributed by atoms with Crippen molar-refractivity contribution >= 4 is 44.7 Å². The predicted molar refractivity (Wildman–Crippen MR) is 112 cm³/mol. The van der Waals surface area contributed by atoms with Gasteiger partial charge in [-0.05, 0) is 58.7 Å². The van der Waals surface area contributed by atoms with Crippen molar-refractivity contribution in [2.45, 2.75) is 54.5 Å². The van der Waals surface area contributed by atoms with Crippen LogP contribution in [0.3, 0.4) is 0 Å². The van der Waals surface area contributed by atoms with E-state index in [0.29, 0.717) is 17.6 Å². The smallest absolute Gasteiger partial charge is 0.298 e. The van der Waals surface area contributed by atoms with Gasteiger partial charge in [-0.25, -0.2) is 0 Å². The maximum absolute atomic E-state index is 13.4. The first-order valence-electron chi connectivity index (χ1n) is 9.68. The van der Waals surface area contributed by atoms with E-state index in [4.69, 9.17) is 0 Å². The molecule has 1 aromatic carbocycles. The average Bonchev–Trinajstić information content (AvgIpc) is 2.96. The number of carbonyl (C=O) groups excluding carboxylic acids is 4. The minimum Gasteiger partial charge on any atom is -0.298 e. The molecule has 0 unspecified atom stereocenters. The van der Waals surface area contributed by atoms with E-state index < -0.39 is 39.9 Å². The Morgan fingerprint density at radius 1 is 1.03 bits per heavy atom. The maximum atomic E-state index is 13.4. The van der Waals surface area contributed by atoms with E-state index in [0.717, 1.165) is 22.5 Å². The van der Waals surface area contributed by atoms with Gasteiger partial charge < -0.3 is 0 Å². The molecule has 0 radical (unpaired) electrons. The van der Waals surface area contributed by atoms with Crippen LogP contribution in [-0.4, -0.2) is 27.7 Å². The minimum absolute atomic E-state index is 0.104. The second-order valence-electron chi connectivity index (χ2n) is 8.71. The molecule has 0 aliphatic heterocycles. The van der Waals surface area contributed by atoms with Gasteiger partial charge in [0.1, 0.15) is 5.92 Å². The molecule has 0 amide bonds. The Kier molecular flexibility index (Phi) is 5.02. The summed E-state index contributed by atoms with van der Waals surface area (Å²) in [5.74, 6) is -3.90. The van der Waals surface area contributed by atoms with Crippen LogP contribution in [0.1, 0.15) is 57.0 Å². The lowest BCUT2D eigenvalue weighted by atomic mass is 9.57. The van der Waals surface area contributed by atoms with Crippen LogP contribution in [0, 0.1) is 23.7 Å². The zero-order valence-corrected chi connectivity index (χ0v) is 18.4. The molecule has 2 aromatic rings. The molecular weight excluding hydrogens is 390 g/mol. The average molecular weight is 416 g/mol. The van der Waals surface area contributed by atoms with Gasteiger partial charge in [-0.3, -0.25) is 28.5 Å². The number of nitrogens with zero attached hydrogens (tertiary/aromatic N) is 1. The molecule has 1 aromatic heterocycles. The van der Waals surface area contributed by atoms with E-state index in [-0.39, 0.29) is 10.4 Å². The fourth-order valence-corrected chi connectivity index (χ4v) is 5.24. The standard InChI is InChI=1S/C22H25NO5S/c1-7-10-23-15-11(2)12(8-9-13(15)29-20(23)28)16(24)14-17(25)21(3,4)19(27)22(5,6)18(14)26/h8-9,14H,7,10H2,1-6H3. The zero-order chi connectivity index (χ0) is 21.9. The molecule has 0 spiro atoms. The molecule has 1 fully saturated rings. The molecule has 7 heteroatoms. The number of benzene rings is 1. The Morgan fingerprint density at radius 2 is 1.59 bits per heavy atom. The lowest BCUT2D eigenvalue weighted by molar-refractivity contribution is -0.158. The molecular formula is C22H25NO5S. The lowest BCUT2D eigenvalue weighted by Crippen LogP contribution is -2.59. The number of fused-ring (bicyclic) bond motifs is 1. The highest BCUT2D eigenvalue weighted by Gasteiger charge is 2.60. The molecule has 1 aliphatic carbocycles. The van der Waals surface area contributed by atoms with Crippen molar-refractivity contribution in [1.29, 1.82) is 0 Å². The van der Waals surface area contributed by atoms with Crippen molar-refractivity contribution in [3.8, 4) is 0 Å². The van der Waals surface area contributed by atoms with Gasteiger partial charge in [-0.2, -0.15) is 0 Å². The van der Waals surface area contributed by atoms with E-state index in [1.54, 1.807) is 23.6 Å². The van der Waals surface area contributed by atoms with Crippen LogP contribution in [0.5, 0.6) is 0 Å². The number of aryl methyl sites for hydroxylation is 2. The fraction of sp³-hybridized carbons (Fsp3) is 0.500. The van der Waals surface area contributed by atoms with E-state index in [9.17, 15) is 24.0 Å². The third-order valence-electron chi connectivity index (χ3n) is 5.95. The third-order valence-corrected chi connectivity index (χ3v) is 6.89. The molecule has 0 atom stereocenters. The van der Waals surface area contributed by atoms with Crippen molar-refractivity contribution in [3.63, 3.8) is 0 Å². The monoisotopic (exact) mass is 415 g/mol.